The number of aromatic nitrogens is 3. The number of imidazole rings is 1. The van der Waals surface area contributed by atoms with E-state index in [9.17, 15) is 5.11 Å². The Morgan fingerprint density at radius 1 is 0.537 bits per heavy atom. The van der Waals surface area contributed by atoms with Crippen molar-refractivity contribution in [2.45, 2.75) is 51.6 Å². The highest BCUT2D eigenvalue weighted by atomic mass is 16.3. The van der Waals surface area contributed by atoms with Gasteiger partial charge in [0.2, 0.25) is 0 Å². The van der Waals surface area contributed by atoms with Gasteiger partial charge in [-0.25, -0.2) is 4.98 Å². The number of furan rings is 1. The zero-order valence-electron chi connectivity index (χ0n) is 38.2. The summed E-state index contributed by atoms with van der Waals surface area (Å²) in [5.74, 6) is 1.17. The summed E-state index contributed by atoms with van der Waals surface area (Å²) in [6, 6.07) is 69.5. The normalized spacial score (nSPS) is 12.7. The predicted octanol–water partition coefficient (Wildman–Crippen LogP) is 15.7. The summed E-state index contributed by atoms with van der Waals surface area (Å²) in [5.41, 5.74) is 15.4. The second-order valence-electron chi connectivity index (χ2n) is 18.3. The molecule has 0 amide bonds. The van der Waals surface area contributed by atoms with Crippen LogP contribution < -0.4 is 0 Å². The molecule has 1 N–H and O–H groups in total. The van der Waals surface area contributed by atoms with Gasteiger partial charge in [-0.05, 0) is 128 Å². The first-order valence-corrected chi connectivity index (χ1v) is 23.3. The summed E-state index contributed by atoms with van der Waals surface area (Å²) in [7, 11) is 0. The molecule has 8 aromatic carbocycles. The van der Waals surface area contributed by atoms with E-state index in [1.807, 2.05) is 54.6 Å². The summed E-state index contributed by atoms with van der Waals surface area (Å²) < 4.78 is 9.48. The minimum Gasteiger partial charge on any atom is -0.455 e. The van der Waals surface area contributed by atoms with Crippen LogP contribution >= 0.6 is 0 Å². The molecule has 0 aliphatic carbocycles. The maximum Gasteiger partial charge on any atom is 0.149 e. The molecule has 0 saturated heterocycles. The average molecular weight is 870 g/mol. The molecule has 0 bridgehead atoms. The fourth-order valence-electron chi connectivity index (χ4n) is 9.88. The monoisotopic (exact) mass is 869 g/mol. The topological polar surface area (TPSA) is 64.1 Å². The van der Waals surface area contributed by atoms with Crippen LogP contribution in [0, 0.1) is 0 Å². The Hall–Kier alpha value is -7.86. The zero-order chi connectivity index (χ0) is 45.6. The van der Waals surface area contributed by atoms with Crippen LogP contribution in [-0.2, 0) is 12.0 Å². The molecule has 1 unspecified atom stereocenters. The van der Waals surface area contributed by atoms with Gasteiger partial charge in [0.1, 0.15) is 22.6 Å². The van der Waals surface area contributed by atoms with E-state index < -0.39 is 5.60 Å². The van der Waals surface area contributed by atoms with E-state index in [0.29, 0.717) is 5.69 Å². The molecule has 326 valence electrons. The summed E-state index contributed by atoms with van der Waals surface area (Å²) in [4.78, 5) is 10.4. The quantitative estimate of drug-likeness (QED) is 0.141. The molecule has 11 aromatic rings. The lowest BCUT2D eigenvalue weighted by Gasteiger charge is -2.29. The van der Waals surface area contributed by atoms with Crippen molar-refractivity contribution in [1.29, 1.82) is 0 Å². The van der Waals surface area contributed by atoms with Crippen LogP contribution in [0.1, 0.15) is 67.5 Å². The van der Waals surface area contributed by atoms with Gasteiger partial charge in [-0.3, -0.25) is 9.55 Å². The molecule has 0 fully saturated rings. The van der Waals surface area contributed by atoms with Crippen molar-refractivity contribution in [3.63, 3.8) is 0 Å². The molecule has 11 rings (SSSR count). The van der Waals surface area contributed by atoms with Crippen LogP contribution in [0.2, 0.25) is 0 Å². The molecule has 0 saturated carbocycles. The van der Waals surface area contributed by atoms with Crippen LogP contribution in [0.15, 0.2) is 211 Å². The number of pyridine rings is 1. The summed E-state index contributed by atoms with van der Waals surface area (Å²) in [6.45, 7) is 9.13. The van der Waals surface area contributed by atoms with Crippen LogP contribution in [0.3, 0.4) is 0 Å². The van der Waals surface area contributed by atoms with Crippen molar-refractivity contribution in [3.05, 3.63) is 234 Å². The maximum absolute atomic E-state index is 13.3. The second kappa shape index (κ2) is 17.2. The highest BCUT2D eigenvalue weighted by Gasteiger charge is 2.35. The van der Waals surface area contributed by atoms with Gasteiger partial charge in [-0.1, -0.05) is 167 Å². The number of fused-ring (bicyclic) bond motifs is 4. The number of nitrogens with zero attached hydrogens (tertiary/aromatic N) is 3. The fraction of sp³-hybridized carbons (Fsp3) is 0.129. The minimum absolute atomic E-state index is 0.195. The molecule has 5 heteroatoms. The number of aliphatic hydroxyl groups is 1. The Morgan fingerprint density at radius 2 is 1.10 bits per heavy atom. The Labute approximate surface area is 391 Å². The van der Waals surface area contributed by atoms with Crippen molar-refractivity contribution < 1.29 is 9.52 Å². The van der Waals surface area contributed by atoms with E-state index >= 15 is 0 Å². The lowest BCUT2D eigenvalue weighted by atomic mass is 9.82. The SMILES string of the molecule is CC(C)c1cc(-c2ccccc2)cc(C(C)C)c1-n1c(-c2cc(CC(O)(c3ccc(-c4ccccc4)cc3)c3ccccn3)cc3c2oc2cc(-c4ccccc4)ccc23)nc2ccccc21. The van der Waals surface area contributed by atoms with E-state index in [1.54, 1.807) is 6.20 Å². The van der Waals surface area contributed by atoms with Crippen molar-refractivity contribution in [2.24, 2.45) is 0 Å². The molecular formula is C62H51N3O2. The van der Waals surface area contributed by atoms with Crippen LogP contribution in [0.4, 0.5) is 0 Å². The van der Waals surface area contributed by atoms with Gasteiger partial charge in [-0.15, -0.1) is 0 Å². The molecule has 0 spiro atoms. The number of benzene rings is 8. The predicted molar refractivity (Wildman–Crippen MR) is 276 cm³/mol. The van der Waals surface area contributed by atoms with Crippen molar-refractivity contribution in [1.82, 2.24) is 14.5 Å². The minimum atomic E-state index is -1.48. The van der Waals surface area contributed by atoms with Crippen molar-refractivity contribution in [3.8, 4) is 50.5 Å². The Balaban J connectivity index is 1.18. The Kier molecular flexibility index (Phi) is 10.7. The third-order valence-electron chi connectivity index (χ3n) is 13.3. The van der Waals surface area contributed by atoms with Gasteiger partial charge in [0.05, 0.1) is 28.0 Å². The standard InChI is InChI=1S/C62H51N3O2/c1-40(2)51-36-48(45-22-12-7-13-23-45)37-52(41(3)4)59(51)65-56-25-15-14-24-55(56)64-61(65)54-35-42(34-53-50-32-29-47(38-57(50)67-60(53)54)44-20-10-6-11-21-44)39-62(66,58-26-16-17-33-63-58)49-30-27-46(28-31-49)43-18-8-5-9-19-43/h5-38,40-41,66H,39H2,1-4H3. The molecule has 1 atom stereocenters. The van der Waals surface area contributed by atoms with E-state index in [1.165, 1.54) is 22.3 Å². The molecule has 67 heavy (non-hydrogen) atoms. The van der Waals surface area contributed by atoms with Crippen LogP contribution in [0.5, 0.6) is 0 Å². The van der Waals surface area contributed by atoms with E-state index in [-0.39, 0.29) is 18.3 Å². The second-order valence-corrected chi connectivity index (χ2v) is 18.3. The fourth-order valence-corrected chi connectivity index (χ4v) is 9.88. The number of hydrogen-bond acceptors (Lipinski definition) is 4. The first kappa shape index (κ1) is 41.8. The van der Waals surface area contributed by atoms with Gasteiger partial charge >= 0.3 is 0 Å². The van der Waals surface area contributed by atoms with Gasteiger partial charge in [0.25, 0.3) is 0 Å². The van der Waals surface area contributed by atoms with Crippen molar-refractivity contribution in [2.75, 3.05) is 0 Å². The smallest absolute Gasteiger partial charge is 0.149 e. The molecule has 5 nitrogen and oxygen atoms in total. The average Bonchev–Trinajstić information content (AvgIpc) is 3.95. The lowest BCUT2D eigenvalue weighted by molar-refractivity contribution is 0.0765. The van der Waals surface area contributed by atoms with Gasteiger partial charge in [0, 0.05) is 23.4 Å². The highest BCUT2D eigenvalue weighted by molar-refractivity contribution is 6.11. The molecule has 3 aromatic heterocycles. The molecule has 0 radical (unpaired) electrons. The van der Waals surface area contributed by atoms with Crippen LogP contribution in [0.25, 0.3) is 83.4 Å². The Bertz CT molecular complexity index is 3510. The van der Waals surface area contributed by atoms with E-state index in [2.05, 4.69) is 178 Å². The van der Waals surface area contributed by atoms with E-state index in [0.717, 1.165) is 83.4 Å². The number of para-hydroxylation sites is 2. The summed E-state index contributed by atoms with van der Waals surface area (Å²) >= 11 is 0. The third-order valence-corrected chi connectivity index (χ3v) is 13.3. The lowest BCUT2D eigenvalue weighted by Crippen LogP contribution is -2.31. The largest absolute Gasteiger partial charge is 0.455 e. The van der Waals surface area contributed by atoms with Crippen molar-refractivity contribution >= 4 is 33.0 Å². The molecular weight excluding hydrogens is 819 g/mol. The highest BCUT2D eigenvalue weighted by Crippen LogP contribution is 2.45. The van der Waals surface area contributed by atoms with Gasteiger partial charge in [0.15, 0.2) is 0 Å². The van der Waals surface area contributed by atoms with Gasteiger partial charge < -0.3 is 9.52 Å². The van der Waals surface area contributed by atoms with Gasteiger partial charge in [-0.2, -0.15) is 0 Å². The first-order valence-electron chi connectivity index (χ1n) is 23.3. The number of rotatable bonds is 11. The van der Waals surface area contributed by atoms with Crippen LogP contribution in [-0.4, -0.2) is 19.6 Å². The molecule has 0 aliphatic heterocycles. The summed E-state index contributed by atoms with van der Waals surface area (Å²) in [5, 5.41) is 15.2. The first-order chi connectivity index (χ1) is 32.7. The zero-order valence-corrected chi connectivity index (χ0v) is 38.2. The Morgan fingerprint density at radius 3 is 1.73 bits per heavy atom. The third kappa shape index (κ3) is 7.61. The molecule has 0 aliphatic rings. The van der Waals surface area contributed by atoms with E-state index in [4.69, 9.17) is 14.4 Å². The molecule has 3 heterocycles. The summed E-state index contributed by atoms with van der Waals surface area (Å²) in [6.07, 6.45) is 2.00. The number of hydrogen-bond donors (Lipinski definition) is 1. The maximum atomic E-state index is 13.3.